The molecule has 0 aliphatic carbocycles. The summed E-state index contributed by atoms with van der Waals surface area (Å²) in [6.07, 6.45) is 2.01. The highest BCUT2D eigenvalue weighted by atomic mass is 35.5. The van der Waals surface area contributed by atoms with Crippen LogP contribution in [-0.2, 0) is 0 Å². The minimum Gasteiger partial charge on any atom is -0.308 e. The van der Waals surface area contributed by atoms with E-state index in [1.165, 1.54) is 34.4 Å². The molecule has 0 atom stereocenters. The van der Waals surface area contributed by atoms with Crippen molar-refractivity contribution < 1.29 is 9.18 Å². The van der Waals surface area contributed by atoms with Crippen LogP contribution in [-0.4, -0.2) is 49.2 Å². The first-order chi connectivity index (χ1) is 12.9. The van der Waals surface area contributed by atoms with Crippen LogP contribution >= 0.6 is 47.1 Å². The second kappa shape index (κ2) is 9.89. The summed E-state index contributed by atoms with van der Waals surface area (Å²) in [6, 6.07) is 10.2. The van der Waals surface area contributed by atoms with Gasteiger partial charge in [-0.3, -0.25) is 9.69 Å². The van der Waals surface area contributed by atoms with Crippen molar-refractivity contribution in [2.45, 2.75) is 4.90 Å². The number of benzene rings is 2. The first-order valence-electron chi connectivity index (χ1n) is 8.26. The van der Waals surface area contributed by atoms with Gasteiger partial charge in [0.2, 0.25) is 0 Å². The van der Waals surface area contributed by atoms with E-state index in [1.54, 1.807) is 11.8 Å². The van der Waals surface area contributed by atoms with Crippen molar-refractivity contribution in [3.05, 3.63) is 52.8 Å². The summed E-state index contributed by atoms with van der Waals surface area (Å²) in [5, 5.41) is 0.634. The molecule has 0 saturated heterocycles. The molecule has 3 rings (SSSR count). The van der Waals surface area contributed by atoms with E-state index < -0.39 is 11.7 Å². The van der Waals surface area contributed by atoms with E-state index >= 15 is 0 Å². The van der Waals surface area contributed by atoms with E-state index in [1.807, 2.05) is 43.5 Å². The highest BCUT2D eigenvalue weighted by molar-refractivity contribution is 7.98. The molecule has 0 fully saturated rings. The molecule has 4 nitrogen and oxygen atoms in total. The molecule has 0 bridgehead atoms. The summed E-state index contributed by atoms with van der Waals surface area (Å²) in [7, 11) is 3.84. The van der Waals surface area contributed by atoms with Gasteiger partial charge in [-0.1, -0.05) is 29.0 Å². The van der Waals surface area contributed by atoms with E-state index in [0.29, 0.717) is 18.2 Å². The molecule has 1 aromatic heterocycles. The van der Waals surface area contributed by atoms with Crippen LogP contribution in [0.5, 0.6) is 0 Å². The van der Waals surface area contributed by atoms with Crippen LogP contribution in [0, 0.1) is 5.82 Å². The second-order valence-electron chi connectivity index (χ2n) is 6.19. The van der Waals surface area contributed by atoms with E-state index in [0.717, 1.165) is 15.1 Å². The fourth-order valence-corrected chi connectivity index (χ4v) is 4.34. The number of halogens is 3. The van der Waals surface area contributed by atoms with Crippen molar-refractivity contribution in [2.75, 3.05) is 38.3 Å². The zero-order valence-corrected chi connectivity index (χ0v) is 18.8. The van der Waals surface area contributed by atoms with Crippen LogP contribution in [0.15, 0.2) is 41.3 Å². The number of thioether (sulfide) groups is 1. The Morgan fingerprint density at radius 1 is 1.25 bits per heavy atom. The standard InChI is InChI=1S/C19H19ClFN3OS2.ClH/c1-23(2)9-10-24(18(25)17-13(20)5-4-6-14(17)21)19-22-15-8-7-12(26-3)11-16(15)27-19;/h4-8,11H,9-10H2,1-3H3;1H. The highest BCUT2D eigenvalue weighted by Crippen LogP contribution is 2.33. The van der Waals surface area contributed by atoms with Gasteiger partial charge in [-0.25, -0.2) is 9.37 Å². The molecule has 1 amide bonds. The Hall–Kier alpha value is -1.38. The Kier molecular flexibility index (Phi) is 8.09. The molecule has 0 radical (unpaired) electrons. The summed E-state index contributed by atoms with van der Waals surface area (Å²) in [5.41, 5.74) is 0.692. The number of nitrogens with zero attached hydrogens (tertiary/aromatic N) is 3. The van der Waals surface area contributed by atoms with Gasteiger partial charge in [0.05, 0.1) is 20.8 Å². The minimum atomic E-state index is -0.631. The number of carbonyl (C=O) groups is 1. The zero-order valence-electron chi connectivity index (χ0n) is 15.6. The largest absolute Gasteiger partial charge is 0.308 e. The van der Waals surface area contributed by atoms with E-state index in [-0.39, 0.29) is 23.0 Å². The quantitative estimate of drug-likeness (QED) is 0.459. The first-order valence-corrected chi connectivity index (χ1v) is 10.7. The number of aromatic nitrogens is 1. The monoisotopic (exact) mass is 459 g/mol. The third kappa shape index (κ3) is 4.96. The fourth-order valence-electron chi connectivity index (χ4n) is 2.56. The predicted octanol–water partition coefficient (Wildman–Crippen LogP) is 5.44. The molecule has 0 spiro atoms. The average Bonchev–Trinajstić information content (AvgIpc) is 3.04. The topological polar surface area (TPSA) is 36.4 Å². The van der Waals surface area contributed by atoms with Gasteiger partial charge in [0.25, 0.3) is 5.91 Å². The van der Waals surface area contributed by atoms with Gasteiger partial charge in [-0.15, -0.1) is 24.2 Å². The lowest BCUT2D eigenvalue weighted by Gasteiger charge is -2.22. The molecular formula is C19H20Cl2FN3OS2. The smallest absolute Gasteiger partial charge is 0.264 e. The lowest BCUT2D eigenvalue weighted by molar-refractivity contribution is 0.0981. The number of anilines is 1. The van der Waals surface area contributed by atoms with Gasteiger partial charge in [-0.05, 0) is 50.7 Å². The van der Waals surface area contributed by atoms with Gasteiger partial charge in [-0.2, -0.15) is 0 Å². The fraction of sp³-hybridized carbons (Fsp3) is 0.263. The normalized spacial score (nSPS) is 10.9. The summed E-state index contributed by atoms with van der Waals surface area (Å²) in [4.78, 5) is 22.3. The third-order valence-corrected chi connectivity index (χ3v) is 6.09. The predicted molar refractivity (Wildman–Crippen MR) is 120 cm³/mol. The second-order valence-corrected chi connectivity index (χ2v) is 8.48. The summed E-state index contributed by atoms with van der Waals surface area (Å²) in [5.74, 6) is -1.11. The molecule has 1 heterocycles. The molecule has 3 aromatic rings. The number of likely N-dealkylation sites (N-methyl/N-ethyl adjacent to an activating group) is 1. The Morgan fingerprint density at radius 2 is 2.00 bits per heavy atom. The average molecular weight is 460 g/mol. The van der Waals surface area contributed by atoms with Crippen LogP contribution in [0.3, 0.4) is 0 Å². The number of carbonyl (C=O) groups excluding carboxylic acids is 1. The maximum Gasteiger partial charge on any atom is 0.264 e. The zero-order chi connectivity index (χ0) is 19.6. The Morgan fingerprint density at radius 3 is 2.64 bits per heavy atom. The molecule has 28 heavy (non-hydrogen) atoms. The lowest BCUT2D eigenvalue weighted by Crippen LogP contribution is -2.37. The number of rotatable bonds is 6. The van der Waals surface area contributed by atoms with Gasteiger partial charge in [0, 0.05) is 18.0 Å². The molecule has 0 N–H and O–H groups in total. The summed E-state index contributed by atoms with van der Waals surface area (Å²) >= 11 is 9.18. The molecular weight excluding hydrogens is 440 g/mol. The van der Waals surface area contributed by atoms with E-state index in [4.69, 9.17) is 11.6 Å². The molecule has 0 unspecified atom stereocenters. The van der Waals surface area contributed by atoms with Crippen molar-refractivity contribution in [1.82, 2.24) is 9.88 Å². The molecule has 0 saturated carbocycles. The Balaban J connectivity index is 0.00000280. The van der Waals surface area contributed by atoms with Crippen molar-refractivity contribution in [2.24, 2.45) is 0 Å². The number of hydrogen-bond acceptors (Lipinski definition) is 5. The minimum absolute atomic E-state index is 0. The van der Waals surface area contributed by atoms with Crippen LogP contribution in [0.1, 0.15) is 10.4 Å². The Bertz CT molecular complexity index is 961. The molecule has 9 heteroatoms. The number of amides is 1. The number of thiazole rings is 1. The maximum atomic E-state index is 14.3. The first kappa shape index (κ1) is 22.9. The Labute approximate surface area is 183 Å². The van der Waals surface area contributed by atoms with Crippen LogP contribution in [0.4, 0.5) is 9.52 Å². The van der Waals surface area contributed by atoms with E-state index in [2.05, 4.69) is 4.98 Å². The van der Waals surface area contributed by atoms with Crippen LogP contribution in [0.2, 0.25) is 5.02 Å². The van der Waals surface area contributed by atoms with Crippen molar-refractivity contribution in [3.8, 4) is 0 Å². The van der Waals surface area contributed by atoms with Gasteiger partial charge < -0.3 is 4.90 Å². The van der Waals surface area contributed by atoms with Gasteiger partial charge >= 0.3 is 0 Å². The van der Waals surface area contributed by atoms with Gasteiger partial charge in [0.15, 0.2) is 5.13 Å². The SMILES string of the molecule is CSc1ccc2nc(N(CCN(C)C)C(=O)c3c(F)cccc3Cl)sc2c1.Cl. The number of fused-ring (bicyclic) bond motifs is 1. The summed E-state index contributed by atoms with van der Waals surface area (Å²) in [6.45, 7) is 0.996. The van der Waals surface area contributed by atoms with Crippen molar-refractivity contribution >= 4 is 68.4 Å². The van der Waals surface area contributed by atoms with Crippen LogP contribution in [0.25, 0.3) is 10.2 Å². The number of hydrogen-bond donors (Lipinski definition) is 0. The van der Waals surface area contributed by atoms with Crippen LogP contribution < -0.4 is 4.90 Å². The third-order valence-electron chi connectivity index (χ3n) is 4.01. The summed E-state index contributed by atoms with van der Waals surface area (Å²) < 4.78 is 15.3. The van der Waals surface area contributed by atoms with Crippen molar-refractivity contribution in [1.29, 1.82) is 0 Å². The van der Waals surface area contributed by atoms with Gasteiger partial charge in [0.1, 0.15) is 5.82 Å². The molecule has 150 valence electrons. The van der Waals surface area contributed by atoms with E-state index in [9.17, 15) is 9.18 Å². The molecule has 0 aliphatic heterocycles. The lowest BCUT2D eigenvalue weighted by atomic mass is 10.2. The highest BCUT2D eigenvalue weighted by Gasteiger charge is 2.26. The van der Waals surface area contributed by atoms with Crippen molar-refractivity contribution in [3.63, 3.8) is 0 Å². The maximum absolute atomic E-state index is 14.3. The molecule has 0 aliphatic rings. The molecule has 2 aromatic carbocycles.